The predicted molar refractivity (Wildman–Crippen MR) is 61.5 cm³/mol. The van der Waals surface area contributed by atoms with Gasteiger partial charge in [-0.2, -0.15) is 0 Å². The molecule has 0 aliphatic carbocycles. The summed E-state index contributed by atoms with van der Waals surface area (Å²) in [5.41, 5.74) is -0.377. The fourth-order valence-electron chi connectivity index (χ4n) is 1.63. The van der Waals surface area contributed by atoms with E-state index in [1.54, 1.807) is 0 Å². The van der Waals surface area contributed by atoms with E-state index in [9.17, 15) is 0 Å². The molecule has 15 heavy (non-hydrogen) atoms. The molecule has 0 radical (unpaired) electrons. The smallest absolute Gasteiger partial charge is 0.160 e. The van der Waals surface area contributed by atoms with E-state index in [0.717, 1.165) is 24.7 Å². The van der Waals surface area contributed by atoms with Crippen molar-refractivity contribution < 1.29 is 4.74 Å². The van der Waals surface area contributed by atoms with E-state index >= 15 is 0 Å². The Balaban J connectivity index is 2.10. The average Bonchev–Trinajstić information content (AvgIpc) is 2.71. The molecule has 0 unspecified atom stereocenters. The molecule has 3 nitrogen and oxygen atoms in total. The number of nitrogens with one attached hydrogen (secondary N) is 1. The number of hydrogen-bond acceptors (Lipinski definition) is 3. The molecule has 1 aliphatic rings. The van der Waals surface area contributed by atoms with Crippen molar-refractivity contribution in [2.24, 2.45) is 4.99 Å². The first kappa shape index (κ1) is 10.0. The van der Waals surface area contributed by atoms with Crippen LogP contribution in [0.3, 0.4) is 0 Å². The maximum atomic E-state index is 5.89. The second kappa shape index (κ2) is 3.93. The number of aliphatic imine (C=N–C) groups is 1. The summed E-state index contributed by atoms with van der Waals surface area (Å²) in [7, 11) is 0. The van der Waals surface area contributed by atoms with Crippen LogP contribution < -0.4 is 10.1 Å². The molecular formula is C12H16N2O. The van der Waals surface area contributed by atoms with Crippen LogP contribution in [0.15, 0.2) is 35.3 Å². The Labute approximate surface area is 90.2 Å². The minimum absolute atomic E-state index is 0.377. The first-order valence-corrected chi connectivity index (χ1v) is 5.21. The van der Waals surface area contributed by atoms with Crippen LogP contribution in [0, 0.1) is 0 Å². The Morgan fingerprint density at radius 3 is 2.60 bits per heavy atom. The van der Waals surface area contributed by atoms with Gasteiger partial charge < -0.3 is 10.1 Å². The number of amidine groups is 1. The van der Waals surface area contributed by atoms with Gasteiger partial charge in [0, 0.05) is 6.54 Å². The molecule has 0 bridgehead atoms. The van der Waals surface area contributed by atoms with Gasteiger partial charge in [-0.25, -0.2) is 0 Å². The Hall–Kier alpha value is -1.51. The van der Waals surface area contributed by atoms with E-state index in [0.29, 0.717) is 0 Å². The number of para-hydroxylation sites is 1. The van der Waals surface area contributed by atoms with E-state index < -0.39 is 0 Å². The molecule has 0 fully saturated rings. The normalized spacial score (nSPS) is 15.7. The minimum Gasteiger partial charge on any atom is -0.480 e. The highest BCUT2D eigenvalue weighted by atomic mass is 16.5. The predicted octanol–water partition coefficient (Wildman–Crippen LogP) is 1.85. The van der Waals surface area contributed by atoms with Crippen LogP contribution in [0.25, 0.3) is 0 Å². The van der Waals surface area contributed by atoms with Crippen molar-refractivity contribution in [1.29, 1.82) is 0 Å². The Morgan fingerprint density at radius 2 is 2.00 bits per heavy atom. The third-order valence-corrected chi connectivity index (χ3v) is 2.36. The maximum absolute atomic E-state index is 5.89. The number of ether oxygens (including phenoxy) is 1. The van der Waals surface area contributed by atoms with Crippen molar-refractivity contribution in [3.8, 4) is 5.75 Å². The summed E-state index contributed by atoms with van der Waals surface area (Å²) < 4.78 is 5.89. The van der Waals surface area contributed by atoms with Gasteiger partial charge in [0.15, 0.2) is 5.60 Å². The molecule has 1 heterocycles. The molecule has 0 atom stereocenters. The van der Waals surface area contributed by atoms with E-state index in [1.165, 1.54) is 0 Å². The topological polar surface area (TPSA) is 33.6 Å². The molecule has 1 N–H and O–H groups in total. The SMILES string of the molecule is CC(C)(Oc1ccccc1)C1=NCCN1. The van der Waals surface area contributed by atoms with Gasteiger partial charge in [-0.1, -0.05) is 18.2 Å². The maximum Gasteiger partial charge on any atom is 0.160 e. The quantitative estimate of drug-likeness (QED) is 0.815. The van der Waals surface area contributed by atoms with Crippen molar-refractivity contribution in [3.63, 3.8) is 0 Å². The average molecular weight is 204 g/mol. The van der Waals surface area contributed by atoms with Crippen LogP contribution in [-0.2, 0) is 0 Å². The van der Waals surface area contributed by atoms with E-state index in [2.05, 4.69) is 10.3 Å². The highest BCUT2D eigenvalue weighted by Crippen LogP contribution is 2.19. The third kappa shape index (κ3) is 2.29. The lowest BCUT2D eigenvalue weighted by atomic mass is 10.1. The van der Waals surface area contributed by atoms with Crippen LogP contribution >= 0.6 is 0 Å². The van der Waals surface area contributed by atoms with Gasteiger partial charge in [0.25, 0.3) is 0 Å². The van der Waals surface area contributed by atoms with Gasteiger partial charge in [-0.15, -0.1) is 0 Å². The lowest BCUT2D eigenvalue weighted by Crippen LogP contribution is -2.44. The monoisotopic (exact) mass is 204 g/mol. The van der Waals surface area contributed by atoms with Gasteiger partial charge in [-0.3, -0.25) is 4.99 Å². The summed E-state index contributed by atoms with van der Waals surface area (Å²) in [4.78, 5) is 4.38. The fraction of sp³-hybridized carbons (Fsp3) is 0.417. The molecule has 1 aliphatic heterocycles. The fourth-order valence-corrected chi connectivity index (χ4v) is 1.63. The van der Waals surface area contributed by atoms with Crippen molar-refractivity contribution in [2.75, 3.05) is 13.1 Å². The minimum atomic E-state index is -0.377. The van der Waals surface area contributed by atoms with E-state index in [-0.39, 0.29) is 5.60 Å². The molecule has 80 valence electrons. The van der Waals surface area contributed by atoms with Crippen LogP contribution in [0.2, 0.25) is 0 Å². The molecule has 0 amide bonds. The summed E-state index contributed by atoms with van der Waals surface area (Å²) >= 11 is 0. The van der Waals surface area contributed by atoms with E-state index in [4.69, 9.17) is 4.74 Å². The Kier molecular flexibility index (Phi) is 2.62. The number of hydrogen-bond donors (Lipinski definition) is 1. The summed E-state index contributed by atoms with van der Waals surface area (Å²) in [6.45, 7) is 5.81. The van der Waals surface area contributed by atoms with Crippen molar-refractivity contribution in [3.05, 3.63) is 30.3 Å². The molecule has 3 heteroatoms. The zero-order valence-electron chi connectivity index (χ0n) is 9.16. The van der Waals surface area contributed by atoms with Crippen LogP contribution in [0.4, 0.5) is 0 Å². The van der Waals surface area contributed by atoms with Gasteiger partial charge >= 0.3 is 0 Å². The van der Waals surface area contributed by atoms with E-state index in [1.807, 2.05) is 44.2 Å². The summed E-state index contributed by atoms with van der Waals surface area (Å²) in [5.74, 6) is 1.81. The van der Waals surface area contributed by atoms with Crippen molar-refractivity contribution in [2.45, 2.75) is 19.4 Å². The Bertz CT molecular complexity index is 357. The van der Waals surface area contributed by atoms with Gasteiger partial charge in [0.05, 0.1) is 6.54 Å². The number of rotatable bonds is 3. The van der Waals surface area contributed by atoms with Crippen LogP contribution in [0.5, 0.6) is 5.75 Å². The molecule has 0 saturated heterocycles. The molecule has 1 aromatic rings. The zero-order chi connectivity index (χ0) is 10.7. The number of nitrogens with zero attached hydrogens (tertiary/aromatic N) is 1. The summed E-state index contributed by atoms with van der Waals surface area (Å²) in [5, 5.41) is 3.24. The summed E-state index contributed by atoms with van der Waals surface area (Å²) in [6.07, 6.45) is 0. The molecule has 1 aromatic carbocycles. The Morgan fingerprint density at radius 1 is 1.27 bits per heavy atom. The molecule has 0 aromatic heterocycles. The largest absolute Gasteiger partial charge is 0.480 e. The molecule has 0 saturated carbocycles. The van der Waals surface area contributed by atoms with Gasteiger partial charge in [0.2, 0.25) is 0 Å². The van der Waals surface area contributed by atoms with Crippen LogP contribution in [0.1, 0.15) is 13.8 Å². The van der Waals surface area contributed by atoms with Crippen molar-refractivity contribution >= 4 is 5.84 Å². The second-order valence-corrected chi connectivity index (χ2v) is 4.08. The lowest BCUT2D eigenvalue weighted by molar-refractivity contribution is 0.179. The van der Waals surface area contributed by atoms with Gasteiger partial charge in [-0.05, 0) is 26.0 Å². The molecular weight excluding hydrogens is 188 g/mol. The molecule has 0 spiro atoms. The highest BCUT2D eigenvalue weighted by molar-refractivity contribution is 5.91. The third-order valence-electron chi connectivity index (χ3n) is 2.36. The zero-order valence-corrected chi connectivity index (χ0v) is 9.16. The van der Waals surface area contributed by atoms with Crippen molar-refractivity contribution in [1.82, 2.24) is 5.32 Å². The second-order valence-electron chi connectivity index (χ2n) is 4.08. The number of benzene rings is 1. The van der Waals surface area contributed by atoms with Gasteiger partial charge in [0.1, 0.15) is 11.6 Å². The first-order chi connectivity index (χ1) is 7.18. The standard InChI is InChI=1S/C12H16N2O/c1-12(2,11-13-8-9-14-11)15-10-6-4-3-5-7-10/h3-7H,8-9H2,1-2H3,(H,13,14). The lowest BCUT2D eigenvalue weighted by Gasteiger charge is -2.26. The summed E-state index contributed by atoms with van der Waals surface area (Å²) in [6, 6.07) is 9.82. The first-order valence-electron chi connectivity index (χ1n) is 5.21. The molecule has 2 rings (SSSR count). The highest BCUT2D eigenvalue weighted by Gasteiger charge is 2.28. The van der Waals surface area contributed by atoms with Crippen LogP contribution in [-0.4, -0.2) is 24.5 Å².